The fourth-order valence-electron chi connectivity index (χ4n) is 3.75. The van der Waals surface area contributed by atoms with Gasteiger partial charge in [0, 0.05) is 23.7 Å². The van der Waals surface area contributed by atoms with Gasteiger partial charge in [-0.25, -0.2) is 0 Å². The van der Waals surface area contributed by atoms with Gasteiger partial charge in [0.25, 0.3) is 5.69 Å². The largest absolute Gasteiger partial charge is 0.270 e. The van der Waals surface area contributed by atoms with E-state index in [1.54, 1.807) is 24.3 Å². The fourth-order valence-corrected chi connectivity index (χ4v) is 3.75. The van der Waals surface area contributed by atoms with Gasteiger partial charge >= 0.3 is 0 Å². The Labute approximate surface area is 131 Å². The molecule has 5 atom stereocenters. The van der Waals surface area contributed by atoms with Crippen LogP contribution in [-0.2, 0) is 4.84 Å². The van der Waals surface area contributed by atoms with Crippen LogP contribution in [0.25, 0.3) is 0 Å². The zero-order valence-electron chi connectivity index (χ0n) is 13.4. The quantitative estimate of drug-likeness (QED) is 0.472. The van der Waals surface area contributed by atoms with Crippen molar-refractivity contribution in [3.8, 4) is 0 Å². The van der Waals surface area contributed by atoms with E-state index in [4.69, 9.17) is 4.84 Å². The monoisotopic (exact) mass is 304 g/mol. The molecule has 120 valence electrons. The molecule has 0 amide bonds. The highest BCUT2D eigenvalue weighted by Crippen LogP contribution is 2.47. The lowest BCUT2D eigenvalue weighted by Gasteiger charge is -2.37. The molecule has 1 aromatic rings. The molecule has 0 spiro atoms. The molecule has 1 saturated carbocycles. The van der Waals surface area contributed by atoms with Crippen molar-refractivity contribution in [2.75, 3.05) is 0 Å². The van der Waals surface area contributed by atoms with Crippen LogP contribution in [-0.4, -0.2) is 16.0 Å². The molecule has 5 nitrogen and oxygen atoms in total. The van der Waals surface area contributed by atoms with Crippen LogP contribution in [0, 0.1) is 27.9 Å². The zero-order valence-corrected chi connectivity index (χ0v) is 13.4. The van der Waals surface area contributed by atoms with Crippen LogP contribution in [0.2, 0.25) is 0 Å². The van der Waals surface area contributed by atoms with E-state index in [1.807, 2.05) is 0 Å². The average Bonchev–Trinajstić information content (AvgIpc) is 3.27. The lowest BCUT2D eigenvalue weighted by atomic mass is 9.74. The maximum absolute atomic E-state index is 10.7. The first-order chi connectivity index (χ1) is 10.5. The van der Waals surface area contributed by atoms with E-state index in [2.05, 4.69) is 25.8 Å². The minimum atomic E-state index is -0.368. The van der Waals surface area contributed by atoms with E-state index in [1.165, 1.54) is 19.3 Å². The molecule has 1 saturated heterocycles. The molecule has 1 aromatic carbocycles. The molecule has 22 heavy (non-hydrogen) atoms. The van der Waals surface area contributed by atoms with Gasteiger partial charge in [0.1, 0.15) is 0 Å². The highest BCUT2D eigenvalue weighted by atomic mass is 16.8. The number of benzene rings is 1. The number of non-ortho nitro benzene ring substituents is 1. The summed E-state index contributed by atoms with van der Waals surface area (Å²) < 4.78 is 0. The number of nitro groups is 1. The summed E-state index contributed by atoms with van der Waals surface area (Å²) in [4.78, 5) is 16.2. The lowest BCUT2D eigenvalue weighted by molar-refractivity contribution is -0.384. The smallest absolute Gasteiger partial charge is 0.269 e. The third-order valence-corrected chi connectivity index (χ3v) is 5.11. The van der Waals surface area contributed by atoms with E-state index < -0.39 is 0 Å². The fraction of sp³-hybridized carbons (Fsp3) is 0.647. The van der Waals surface area contributed by atoms with Crippen molar-refractivity contribution in [2.24, 2.45) is 17.8 Å². The first kappa shape index (κ1) is 15.4. The number of hydrogen-bond acceptors (Lipinski definition) is 4. The first-order valence-electron chi connectivity index (χ1n) is 8.17. The van der Waals surface area contributed by atoms with Crippen LogP contribution in [0.15, 0.2) is 24.3 Å². The highest BCUT2D eigenvalue weighted by Gasteiger charge is 2.48. The molecule has 5 heteroatoms. The summed E-state index contributed by atoms with van der Waals surface area (Å²) in [5, 5.41) is 12.8. The first-order valence-corrected chi connectivity index (χ1v) is 8.17. The summed E-state index contributed by atoms with van der Waals surface area (Å²) in [5.41, 5.74) is 1.13. The van der Waals surface area contributed by atoms with Crippen LogP contribution in [0.1, 0.15) is 51.8 Å². The van der Waals surface area contributed by atoms with Gasteiger partial charge in [-0.15, -0.1) is 5.06 Å². The minimum absolute atomic E-state index is 0.0302. The average molecular weight is 304 g/mol. The summed E-state index contributed by atoms with van der Waals surface area (Å²) in [6, 6.07) is 7.18. The Morgan fingerprint density at radius 2 is 1.95 bits per heavy atom. The molecule has 0 aromatic heterocycles. The van der Waals surface area contributed by atoms with Crippen molar-refractivity contribution in [3.63, 3.8) is 0 Å². The third kappa shape index (κ3) is 3.01. The molecule has 0 radical (unpaired) electrons. The predicted molar refractivity (Wildman–Crippen MR) is 83.9 cm³/mol. The van der Waals surface area contributed by atoms with E-state index in [0.717, 1.165) is 11.5 Å². The van der Waals surface area contributed by atoms with Crippen LogP contribution in [0.5, 0.6) is 0 Å². The van der Waals surface area contributed by atoms with Crippen molar-refractivity contribution in [1.29, 1.82) is 0 Å². The summed E-state index contributed by atoms with van der Waals surface area (Å²) >= 11 is 0. The van der Waals surface area contributed by atoms with Crippen molar-refractivity contribution in [3.05, 3.63) is 39.9 Å². The van der Waals surface area contributed by atoms with Crippen LogP contribution >= 0.6 is 0 Å². The Morgan fingerprint density at radius 3 is 2.55 bits per heavy atom. The Bertz CT molecular complexity index is 543. The molecular weight excluding hydrogens is 280 g/mol. The van der Waals surface area contributed by atoms with Crippen molar-refractivity contribution in [2.45, 2.75) is 52.3 Å². The van der Waals surface area contributed by atoms with Gasteiger partial charge in [-0.05, 0) is 42.7 Å². The molecule has 1 aliphatic carbocycles. The van der Waals surface area contributed by atoms with Gasteiger partial charge in [0.2, 0.25) is 0 Å². The number of nitro benzene ring substituents is 1. The Kier molecular flexibility index (Phi) is 4.19. The van der Waals surface area contributed by atoms with Gasteiger partial charge in [-0.3, -0.25) is 15.0 Å². The summed E-state index contributed by atoms with van der Waals surface area (Å²) in [6.45, 7) is 6.89. The van der Waals surface area contributed by atoms with Gasteiger partial charge < -0.3 is 0 Å². The van der Waals surface area contributed by atoms with Gasteiger partial charge in [-0.1, -0.05) is 27.2 Å². The molecule has 1 heterocycles. The van der Waals surface area contributed by atoms with Gasteiger partial charge in [0.05, 0.1) is 4.92 Å². The maximum Gasteiger partial charge on any atom is 0.269 e. The van der Waals surface area contributed by atoms with Crippen molar-refractivity contribution in [1.82, 2.24) is 5.06 Å². The number of hydrogen-bond donors (Lipinski definition) is 0. The zero-order chi connectivity index (χ0) is 15.9. The number of rotatable bonds is 4. The SMILES string of the molecule is CC1CCC(C(C)C)C(N2OC2c2ccc([N+](=O)[O-])cc2)C1. The summed E-state index contributed by atoms with van der Waals surface area (Å²) in [7, 11) is 0. The van der Waals surface area contributed by atoms with Crippen LogP contribution in [0.4, 0.5) is 5.69 Å². The van der Waals surface area contributed by atoms with E-state index in [0.29, 0.717) is 17.9 Å². The third-order valence-electron chi connectivity index (χ3n) is 5.11. The number of hydroxylamine groups is 2. The second-order valence-electron chi connectivity index (χ2n) is 7.06. The molecular formula is C17H24N2O3. The second kappa shape index (κ2) is 5.97. The Morgan fingerprint density at radius 1 is 1.27 bits per heavy atom. The highest BCUT2D eigenvalue weighted by molar-refractivity contribution is 5.34. The topological polar surface area (TPSA) is 58.7 Å². The molecule has 0 N–H and O–H groups in total. The van der Waals surface area contributed by atoms with Crippen LogP contribution < -0.4 is 0 Å². The lowest BCUT2D eigenvalue weighted by Crippen LogP contribution is -2.37. The molecule has 0 bridgehead atoms. The molecule has 5 unspecified atom stereocenters. The second-order valence-corrected chi connectivity index (χ2v) is 7.06. The summed E-state index contributed by atoms with van der Waals surface area (Å²) in [6.07, 6.45) is 3.70. The van der Waals surface area contributed by atoms with Crippen molar-refractivity contribution >= 4 is 5.69 Å². The van der Waals surface area contributed by atoms with Gasteiger partial charge in [-0.2, -0.15) is 0 Å². The standard InChI is InChI=1S/C17H24N2O3/c1-11(2)15-9-4-12(3)10-16(15)18-17(22-18)13-5-7-14(8-6-13)19(20)21/h5-8,11-12,15-17H,4,9-10H2,1-3H3. The van der Waals surface area contributed by atoms with Gasteiger partial charge in [0.15, 0.2) is 6.23 Å². The van der Waals surface area contributed by atoms with E-state index >= 15 is 0 Å². The van der Waals surface area contributed by atoms with Crippen molar-refractivity contribution < 1.29 is 9.76 Å². The number of nitrogens with zero attached hydrogens (tertiary/aromatic N) is 2. The Balaban J connectivity index is 1.70. The minimum Gasteiger partial charge on any atom is -0.270 e. The summed E-state index contributed by atoms with van der Waals surface area (Å²) in [5.74, 6) is 2.06. The molecule has 2 fully saturated rings. The molecule has 3 rings (SSSR count). The molecule has 2 aliphatic rings. The Hall–Kier alpha value is -1.46. The predicted octanol–water partition coefficient (Wildman–Crippen LogP) is 4.30. The maximum atomic E-state index is 10.7. The van der Waals surface area contributed by atoms with E-state index in [9.17, 15) is 10.1 Å². The normalized spacial score (nSPS) is 34.6. The van der Waals surface area contributed by atoms with E-state index in [-0.39, 0.29) is 16.8 Å². The molecule has 1 aliphatic heterocycles. The van der Waals surface area contributed by atoms with Crippen LogP contribution in [0.3, 0.4) is 0 Å².